The van der Waals surface area contributed by atoms with E-state index >= 15 is 0 Å². The molecule has 0 saturated heterocycles. The Bertz CT molecular complexity index is 595. The minimum absolute atomic E-state index is 0.354. The van der Waals surface area contributed by atoms with E-state index < -0.39 is 0 Å². The summed E-state index contributed by atoms with van der Waals surface area (Å²) in [6.07, 6.45) is 0. The maximum absolute atomic E-state index is 4.28. The van der Waals surface area contributed by atoms with Crippen LogP contribution in [-0.4, -0.2) is 32.6 Å². The van der Waals surface area contributed by atoms with Crippen molar-refractivity contribution in [1.29, 1.82) is 0 Å². The van der Waals surface area contributed by atoms with Crippen molar-refractivity contribution in [2.75, 3.05) is 25.5 Å². The molecule has 4 heteroatoms. The van der Waals surface area contributed by atoms with Crippen LogP contribution in [-0.2, 0) is 6.54 Å². The van der Waals surface area contributed by atoms with Crippen LogP contribution in [0.15, 0.2) is 65.7 Å². The topological polar surface area (TPSA) is 39.7 Å². The fraction of sp³-hybridized carbons (Fsp3) is 0.316. The van der Waals surface area contributed by atoms with E-state index in [0.29, 0.717) is 6.04 Å². The number of aliphatic imine (C=N–C) groups is 1. The Kier molecular flexibility index (Phi) is 6.48. The maximum atomic E-state index is 4.28. The Hall–Kier alpha value is -2.49. The van der Waals surface area contributed by atoms with Crippen LogP contribution in [0.25, 0.3) is 0 Å². The molecule has 0 saturated carbocycles. The van der Waals surface area contributed by atoms with E-state index in [9.17, 15) is 0 Å². The summed E-state index contributed by atoms with van der Waals surface area (Å²) in [5, 5.41) is 6.73. The van der Waals surface area contributed by atoms with E-state index in [4.69, 9.17) is 0 Å². The summed E-state index contributed by atoms with van der Waals surface area (Å²) in [6.45, 7) is 3.79. The Balaban J connectivity index is 1.81. The fourth-order valence-corrected chi connectivity index (χ4v) is 2.30. The number of hydrogen-bond donors (Lipinski definition) is 2. The van der Waals surface area contributed by atoms with Crippen molar-refractivity contribution < 1.29 is 0 Å². The van der Waals surface area contributed by atoms with Gasteiger partial charge in [0.1, 0.15) is 0 Å². The number of nitrogens with zero attached hydrogens (tertiary/aromatic N) is 2. The average Bonchev–Trinajstić information content (AvgIpc) is 2.62. The molecule has 4 nitrogen and oxygen atoms in total. The van der Waals surface area contributed by atoms with Crippen molar-refractivity contribution in [2.45, 2.75) is 19.5 Å². The zero-order valence-electron chi connectivity index (χ0n) is 14.2. The standard InChI is InChI=1S/C19H26N4/c1-16(23(3)18-12-8-5-9-13-18)14-21-19(20-2)22-15-17-10-6-4-7-11-17/h4-13,16H,14-15H2,1-3H3,(H2,20,21,22). The number of likely N-dealkylation sites (N-methyl/N-ethyl adjacent to an activating group) is 1. The van der Waals surface area contributed by atoms with Gasteiger partial charge >= 0.3 is 0 Å². The van der Waals surface area contributed by atoms with E-state index in [-0.39, 0.29) is 0 Å². The monoisotopic (exact) mass is 310 g/mol. The summed E-state index contributed by atoms with van der Waals surface area (Å²) in [6, 6.07) is 21.1. The number of rotatable bonds is 6. The Morgan fingerprint density at radius 3 is 2.22 bits per heavy atom. The van der Waals surface area contributed by atoms with Gasteiger partial charge in [-0.1, -0.05) is 48.5 Å². The van der Waals surface area contributed by atoms with Crippen molar-refractivity contribution in [1.82, 2.24) is 10.6 Å². The zero-order valence-corrected chi connectivity index (χ0v) is 14.2. The fourth-order valence-electron chi connectivity index (χ4n) is 2.30. The van der Waals surface area contributed by atoms with Gasteiger partial charge < -0.3 is 15.5 Å². The third kappa shape index (κ3) is 5.33. The molecule has 0 aromatic heterocycles. The first-order chi connectivity index (χ1) is 11.2. The lowest BCUT2D eigenvalue weighted by Gasteiger charge is -2.27. The maximum Gasteiger partial charge on any atom is 0.191 e. The van der Waals surface area contributed by atoms with Crippen LogP contribution >= 0.6 is 0 Å². The van der Waals surface area contributed by atoms with Crippen molar-refractivity contribution in [3.05, 3.63) is 66.2 Å². The molecule has 0 aliphatic carbocycles. The number of nitrogens with one attached hydrogen (secondary N) is 2. The summed E-state index contributed by atoms with van der Waals surface area (Å²) < 4.78 is 0. The number of hydrogen-bond acceptors (Lipinski definition) is 2. The molecule has 0 aliphatic heterocycles. The third-order valence-corrected chi connectivity index (χ3v) is 3.92. The Morgan fingerprint density at radius 1 is 1.00 bits per heavy atom. The molecular formula is C19H26N4. The third-order valence-electron chi connectivity index (χ3n) is 3.92. The van der Waals surface area contributed by atoms with Gasteiger partial charge in [-0.2, -0.15) is 0 Å². The molecule has 0 amide bonds. The smallest absolute Gasteiger partial charge is 0.191 e. The van der Waals surface area contributed by atoms with Crippen LogP contribution in [0.2, 0.25) is 0 Å². The van der Waals surface area contributed by atoms with Gasteiger partial charge in [0.15, 0.2) is 5.96 Å². The minimum Gasteiger partial charge on any atom is -0.370 e. The highest BCUT2D eigenvalue weighted by atomic mass is 15.2. The van der Waals surface area contributed by atoms with Gasteiger partial charge in [-0.15, -0.1) is 0 Å². The van der Waals surface area contributed by atoms with E-state index in [1.54, 1.807) is 7.05 Å². The second kappa shape index (κ2) is 8.83. The Morgan fingerprint density at radius 2 is 1.61 bits per heavy atom. The molecule has 2 aromatic rings. The molecule has 0 aliphatic rings. The molecule has 0 heterocycles. The molecule has 0 bridgehead atoms. The molecule has 2 aromatic carbocycles. The largest absolute Gasteiger partial charge is 0.370 e. The van der Waals surface area contributed by atoms with Gasteiger partial charge in [0.25, 0.3) is 0 Å². The van der Waals surface area contributed by atoms with Crippen LogP contribution in [0.5, 0.6) is 0 Å². The first-order valence-electron chi connectivity index (χ1n) is 7.97. The van der Waals surface area contributed by atoms with Crippen LogP contribution in [0.3, 0.4) is 0 Å². The molecule has 0 fully saturated rings. The lowest BCUT2D eigenvalue weighted by molar-refractivity contribution is 0.648. The van der Waals surface area contributed by atoms with E-state index in [1.165, 1.54) is 11.3 Å². The number of guanidine groups is 1. The zero-order chi connectivity index (χ0) is 16.5. The summed E-state index contributed by atoms with van der Waals surface area (Å²) >= 11 is 0. The molecule has 0 radical (unpaired) electrons. The van der Waals surface area contributed by atoms with Gasteiger partial charge in [-0.25, -0.2) is 0 Å². The van der Waals surface area contributed by atoms with Crippen molar-refractivity contribution in [2.24, 2.45) is 4.99 Å². The van der Waals surface area contributed by atoms with Gasteiger partial charge in [0, 0.05) is 38.9 Å². The summed E-state index contributed by atoms with van der Waals surface area (Å²) in [7, 11) is 3.91. The molecule has 1 unspecified atom stereocenters. The lowest BCUT2D eigenvalue weighted by atomic mass is 10.2. The van der Waals surface area contributed by atoms with Crippen molar-refractivity contribution in [3.63, 3.8) is 0 Å². The van der Waals surface area contributed by atoms with E-state index in [1.807, 2.05) is 24.3 Å². The lowest BCUT2D eigenvalue weighted by Crippen LogP contribution is -2.44. The van der Waals surface area contributed by atoms with Gasteiger partial charge in [-0.05, 0) is 24.6 Å². The Labute approximate surface area is 139 Å². The predicted octanol–water partition coefficient (Wildman–Crippen LogP) is 2.88. The second-order valence-corrected chi connectivity index (χ2v) is 5.59. The highest BCUT2D eigenvalue weighted by Crippen LogP contribution is 2.13. The average molecular weight is 310 g/mol. The normalized spacial score (nSPS) is 12.6. The molecular weight excluding hydrogens is 284 g/mol. The number of para-hydroxylation sites is 1. The van der Waals surface area contributed by atoms with E-state index in [0.717, 1.165) is 19.0 Å². The SMILES string of the molecule is CN=C(NCc1ccccc1)NCC(C)N(C)c1ccccc1. The van der Waals surface area contributed by atoms with Crippen molar-refractivity contribution >= 4 is 11.6 Å². The van der Waals surface area contributed by atoms with Crippen LogP contribution in [0, 0.1) is 0 Å². The van der Waals surface area contributed by atoms with Crippen LogP contribution < -0.4 is 15.5 Å². The van der Waals surface area contributed by atoms with E-state index in [2.05, 4.69) is 70.9 Å². The van der Waals surface area contributed by atoms with Crippen molar-refractivity contribution in [3.8, 4) is 0 Å². The quantitative estimate of drug-likeness (QED) is 0.636. The first-order valence-corrected chi connectivity index (χ1v) is 7.97. The highest BCUT2D eigenvalue weighted by molar-refractivity contribution is 5.79. The van der Waals surface area contributed by atoms with Gasteiger partial charge in [-0.3, -0.25) is 4.99 Å². The molecule has 1 atom stereocenters. The number of anilines is 1. The second-order valence-electron chi connectivity index (χ2n) is 5.59. The molecule has 122 valence electrons. The summed E-state index contributed by atoms with van der Waals surface area (Å²) in [5.41, 5.74) is 2.46. The highest BCUT2D eigenvalue weighted by Gasteiger charge is 2.10. The molecule has 0 spiro atoms. The van der Waals surface area contributed by atoms with Gasteiger partial charge in [0.2, 0.25) is 0 Å². The molecule has 2 rings (SSSR count). The minimum atomic E-state index is 0.354. The summed E-state index contributed by atoms with van der Waals surface area (Å²) in [4.78, 5) is 6.54. The first kappa shape index (κ1) is 16.9. The molecule has 2 N–H and O–H groups in total. The van der Waals surface area contributed by atoms with Gasteiger partial charge in [0.05, 0.1) is 0 Å². The van der Waals surface area contributed by atoms with Crippen LogP contribution in [0.1, 0.15) is 12.5 Å². The summed E-state index contributed by atoms with van der Waals surface area (Å²) in [5.74, 6) is 0.821. The van der Waals surface area contributed by atoms with Crippen LogP contribution in [0.4, 0.5) is 5.69 Å². The predicted molar refractivity (Wildman–Crippen MR) is 99.0 cm³/mol. The number of benzene rings is 2. The molecule has 23 heavy (non-hydrogen) atoms.